The van der Waals surface area contributed by atoms with Crippen molar-refractivity contribution < 1.29 is 9.53 Å². The van der Waals surface area contributed by atoms with Crippen LogP contribution in [0.1, 0.15) is 10.4 Å². The highest BCUT2D eigenvalue weighted by Gasteiger charge is 2.11. The SMILES string of the molecule is Cn1ncc2c(Oc3ccc(NC(=O)c4ccccc4Br)cc3)ncnc21. The Hall–Kier alpha value is -3.26. The molecular weight excluding hydrogens is 410 g/mol. The lowest BCUT2D eigenvalue weighted by Crippen LogP contribution is -2.12. The zero-order valence-corrected chi connectivity index (χ0v) is 15.8. The molecule has 0 aliphatic carbocycles. The van der Waals surface area contributed by atoms with E-state index in [1.807, 2.05) is 25.2 Å². The summed E-state index contributed by atoms with van der Waals surface area (Å²) in [7, 11) is 1.81. The van der Waals surface area contributed by atoms with E-state index in [2.05, 4.69) is 36.3 Å². The second kappa shape index (κ2) is 7.16. The van der Waals surface area contributed by atoms with Gasteiger partial charge in [0.25, 0.3) is 5.91 Å². The molecule has 0 fully saturated rings. The van der Waals surface area contributed by atoms with Crippen molar-refractivity contribution in [2.45, 2.75) is 0 Å². The zero-order chi connectivity index (χ0) is 18.8. The van der Waals surface area contributed by atoms with Gasteiger partial charge in [-0.3, -0.25) is 9.48 Å². The van der Waals surface area contributed by atoms with Crippen LogP contribution < -0.4 is 10.1 Å². The molecule has 2 heterocycles. The Kier molecular flexibility index (Phi) is 4.55. The summed E-state index contributed by atoms with van der Waals surface area (Å²) in [5.41, 5.74) is 1.92. The maximum absolute atomic E-state index is 12.4. The van der Waals surface area contributed by atoms with Crippen LogP contribution in [0, 0.1) is 0 Å². The van der Waals surface area contributed by atoms with Crippen molar-refractivity contribution in [2.75, 3.05) is 5.32 Å². The molecule has 0 aliphatic rings. The zero-order valence-electron chi connectivity index (χ0n) is 14.3. The van der Waals surface area contributed by atoms with Gasteiger partial charge < -0.3 is 10.1 Å². The van der Waals surface area contributed by atoms with Crippen LogP contribution in [-0.2, 0) is 7.05 Å². The van der Waals surface area contributed by atoms with Crippen LogP contribution in [-0.4, -0.2) is 25.7 Å². The largest absolute Gasteiger partial charge is 0.438 e. The number of carbonyl (C=O) groups is 1. The molecule has 2 aromatic heterocycles. The molecule has 2 aromatic carbocycles. The van der Waals surface area contributed by atoms with Gasteiger partial charge in [0.05, 0.1) is 11.8 Å². The third-order valence-corrected chi connectivity index (χ3v) is 4.63. The van der Waals surface area contributed by atoms with Crippen molar-refractivity contribution in [2.24, 2.45) is 7.05 Å². The Bertz CT molecular complexity index is 1120. The van der Waals surface area contributed by atoms with E-state index in [0.29, 0.717) is 28.5 Å². The van der Waals surface area contributed by atoms with Gasteiger partial charge in [-0.2, -0.15) is 5.10 Å². The molecule has 0 aliphatic heterocycles. The third kappa shape index (κ3) is 3.52. The molecule has 0 saturated heterocycles. The average molecular weight is 424 g/mol. The van der Waals surface area contributed by atoms with Gasteiger partial charge >= 0.3 is 0 Å². The van der Waals surface area contributed by atoms with Crippen LogP contribution in [0.4, 0.5) is 5.69 Å². The van der Waals surface area contributed by atoms with Crippen LogP contribution in [0.5, 0.6) is 11.6 Å². The Morgan fingerprint density at radius 2 is 1.89 bits per heavy atom. The van der Waals surface area contributed by atoms with Crippen molar-refractivity contribution in [1.29, 1.82) is 0 Å². The normalized spacial score (nSPS) is 10.7. The van der Waals surface area contributed by atoms with E-state index in [-0.39, 0.29) is 5.91 Å². The van der Waals surface area contributed by atoms with Crippen LogP contribution in [0.25, 0.3) is 11.0 Å². The second-order valence-electron chi connectivity index (χ2n) is 5.74. The molecule has 27 heavy (non-hydrogen) atoms. The Labute approximate surface area is 163 Å². The highest BCUT2D eigenvalue weighted by Crippen LogP contribution is 2.27. The summed E-state index contributed by atoms with van der Waals surface area (Å²) in [5.74, 6) is 0.833. The summed E-state index contributed by atoms with van der Waals surface area (Å²) in [6.07, 6.45) is 3.10. The number of carbonyl (C=O) groups excluding carboxylic acids is 1. The fourth-order valence-corrected chi connectivity index (χ4v) is 3.05. The fourth-order valence-electron chi connectivity index (χ4n) is 2.58. The maximum Gasteiger partial charge on any atom is 0.256 e. The van der Waals surface area contributed by atoms with Gasteiger partial charge in [0, 0.05) is 17.2 Å². The molecule has 134 valence electrons. The van der Waals surface area contributed by atoms with E-state index in [9.17, 15) is 4.79 Å². The minimum absolute atomic E-state index is 0.191. The number of nitrogens with one attached hydrogen (secondary N) is 1. The molecule has 0 unspecified atom stereocenters. The maximum atomic E-state index is 12.4. The van der Waals surface area contributed by atoms with E-state index in [0.717, 1.165) is 9.86 Å². The first kappa shape index (κ1) is 17.2. The van der Waals surface area contributed by atoms with E-state index in [1.165, 1.54) is 6.33 Å². The van der Waals surface area contributed by atoms with Gasteiger partial charge in [0.1, 0.15) is 17.5 Å². The van der Waals surface area contributed by atoms with Crippen LogP contribution in [0.15, 0.2) is 65.5 Å². The van der Waals surface area contributed by atoms with E-state index in [1.54, 1.807) is 41.2 Å². The van der Waals surface area contributed by atoms with Gasteiger partial charge in [-0.25, -0.2) is 9.97 Å². The summed E-state index contributed by atoms with van der Waals surface area (Å²) in [6.45, 7) is 0. The molecule has 0 atom stereocenters. The number of fused-ring (bicyclic) bond motifs is 1. The molecular formula is C19H14BrN5O2. The number of nitrogens with zero attached hydrogens (tertiary/aromatic N) is 4. The lowest BCUT2D eigenvalue weighted by Gasteiger charge is -2.09. The van der Waals surface area contributed by atoms with Gasteiger partial charge in [0.15, 0.2) is 5.65 Å². The number of benzene rings is 2. The summed E-state index contributed by atoms with van der Waals surface area (Å²) < 4.78 is 8.24. The molecule has 0 spiro atoms. The van der Waals surface area contributed by atoms with Gasteiger partial charge in [-0.05, 0) is 52.3 Å². The molecule has 8 heteroatoms. The summed E-state index contributed by atoms with van der Waals surface area (Å²) in [6, 6.07) is 14.3. The lowest BCUT2D eigenvalue weighted by atomic mass is 10.2. The molecule has 4 aromatic rings. The van der Waals surface area contributed by atoms with Crippen molar-refractivity contribution in [3.05, 3.63) is 71.1 Å². The Morgan fingerprint density at radius 3 is 2.67 bits per heavy atom. The third-order valence-electron chi connectivity index (χ3n) is 3.94. The number of halogens is 1. The average Bonchev–Trinajstić information content (AvgIpc) is 3.06. The first-order valence-electron chi connectivity index (χ1n) is 8.08. The fraction of sp³-hybridized carbons (Fsp3) is 0.0526. The highest BCUT2D eigenvalue weighted by atomic mass is 79.9. The number of hydrogen-bond acceptors (Lipinski definition) is 5. The smallest absolute Gasteiger partial charge is 0.256 e. The second-order valence-corrected chi connectivity index (χ2v) is 6.60. The summed E-state index contributed by atoms with van der Waals surface area (Å²) in [5, 5.41) is 7.75. The summed E-state index contributed by atoms with van der Waals surface area (Å²) >= 11 is 3.38. The van der Waals surface area contributed by atoms with Gasteiger partial charge in [-0.1, -0.05) is 12.1 Å². The number of ether oxygens (including phenoxy) is 1. The molecule has 1 N–H and O–H groups in total. The number of hydrogen-bond donors (Lipinski definition) is 1. The minimum Gasteiger partial charge on any atom is -0.438 e. The number of aryl methyl sites for hydroxylation is 1. The molecule has 4 rings (SSSR count). The molecule has 0 saturated carbocycles. The van der Waals surface area contributed by atoms with Crippen molar-refractivity contribution in [1.82, 2.24) is 19.7 Å². The van der Waals surface area contributed by atoms with Gasteiger partial charge in [0.2, 0.25) is 5.88 Å². The first-order chi connectivity index (χ1) is 13.1. The van der Waals surface area contributed by atoms with Crippen molar-refractivity contribution in [3.8, 4) is 11.6 Å². The monoisotopic (exact) mass is 423 g/mol. The van der Waals surface area contributed by atoms with E-state index >= 15 is 0 Å². The number of amides is 1. The predicted molar refractivity (Wildman–Crippen MR) is 105 cm³/mol. The highest BCUT2D eigenvalue weighted by molar-refractivity contribution is 9.10. The minimum atomic E-state index is -0.191. The van der Waals surface area contributed by atoms with Crippen LogP contribution >= 0.6 is 15.9 Å². The van der Waals surface area contributed by atoms with E-state index in [4.69, 9.17) is 4.74 Å². The number of rotatable bonds is 4. The number of aromatic nitrogens is 4. The standard InChI is InChI=1S/C19H14BrN5O2/c1-25-17-15(10-23-25)19(22-11-21-17)27-13-8-6-12(7-9-13)24-18(26)14-4-2-3-5-16(14)20/h2-11H,1H3,(H,24,26). The molecule has 1 amide bonds. The predicted octanol–water partition coefficient (Wildman–Crippen LogP) is 4.17. The van der Waals surface area contributed by atoms with Gasteiger partial charge in [-0.15, -0.1) is 0 Å². The van der Waals surface area contributed by atoms with Crippen molar-refractivity contribution >= 4 is 38.6 Å². The van der Waals surface area contributed by atoms with Crippen LogP contribution in [0.3, 0.4) is 0 Å². The van der Waals surface area contributed by atoms with Crippen molar-refractivity contribution in [3.63, 3.8) is 0 Å². The Morgan fingerprint density at radius 1 is 1.11 bits per heavy atom. The quantitative estimate of drug-likeness (QED) is 0.532. The molecule has 7 nitrogen and oxygen atoms in total. The van der Waals surface area contributed by atoms with Crippen LogP contribution in [0.2, 0.25) is 0 Å². The molecule has 0 bridgehead atoms. The molecule has 0 radical (unpaired) electrons. The number of anilines is 1. The first-order valence-corrected chi connectivity index (χ1v) is 8.87. The Balaban J connectivity index is 1.51. The topological polar surface area (TPSA) is 81.9 Å². The summed E-state index contributed by atoms with van der Waals surface area (Å²) in [4.78, 5) is 20.7. The lowest BCUT2D eigenvalue weighted by molar-refractivity contribution is 0.102. The van der Waals surface area contributed by atoms with E-state index < -0.39 is 0 Å².